The molecule has 6 nitrogen and oxygen atoms in total. The van der Waals surface area contributed by atoms with E-state index in [1.165, 1.54) is 11.8 Å². The van der Waals surface area contributed by atoms with Gasteiger partial charge in [-0.3, -0.25) is 9.69 Å². The summed E-state index contributed by atoms with van der Waals surface area (Å²) >= 11 is 6.80. The highest BCUT2D eigenvalue weighted by molar-refractivity contribution is 8.26. The van der Waals surface area contributed by atoms with E-state index in [0.717, 1.165) is 40.2 Å². The molecule has 3 heterocycles. The molecule has 0 saturated carbocycles. The smallest absolute Gasteiger partial charge is 0.266 e. The number of furan rings is 1. The largest absolute Gasteiger partial charge is 0.493 e. The van der Waals surface area contributed by atoms with E-state index in [-0.39, 0.29) is 5.91 Å². The van der Waals surface area contributed by atoms with Crippen molar-refractivity contribution < 1.29 is 13.9 Å². The van der Waals surface area contributed by atoms with Gasteiger partial charge < -0.3 is 9.15 Å². The van der Waals surface area contributed by atoms with Crippen molar-refractivity contribution in [3.8, 4) is 22.7 Å². The lowest BCUT2D eigenvalue weighted by molar-refractivity contribution is -0.122. The molecule has 182 valence electrons. The Morgan fingerprint density at radius 3 is 2.69 bits per heavy atom. The van der Waals surface area contributed by atoms with E-state index in [1.807, 2.05) is 72.4 Å². The lowest BCUT2D eigenvalue weighted by atomic mass is 10.0. The molecule has 2 aromatic heterocycles. The number of aromatic nitrogens is 2. The highest BCUT2D eigenvalue weighted by Gasteiger charge is 2.33. The molecule has 0 bridgehead atoms. The molecule has 5 rings (SSSR count). The van der Waals surface area contributed by atoms with Crippen LogP contribution in [0.5, 0.6) is 5.75 Å². The third-order valence-electron chi connectivity index (χ3n) is 5.73. The van der Waals surface area contributed by atoms with Crippen molar-refractivity contribution in [1.82, 2.24) is 14.7 Å². The van der Waals surface area contributed by atoms with Crippen molar-refractivity contribution >= 4 is 40.3 Å². The van der Waals surface area contributed by atoms with Crippen molar-refractivity contribution in [2.75, 3.05) is 6.61 Å². The molecule has 1 saturated heterocycles. The summed E-state index contributed by atoms with van der Waals surface area (Å²) in [5, 5.41) is 4.90. The fraction of sp³-hybridized carbons (Fsp3) is 0.179. The second kappa shape index (κ2) is 10.6. The van der Waals surface area contributed by atoms with Crippen LogP contribution in [0.2, 0.25) is 0 Å². The fourth-order valence-corrected chi connectivity index (χ4v) is 5.18. The number of benzene rings is 2. The van der Waals surface area contributed by atoms with Crippen molar-refractivity contribution in [3.05, 3.63) is 94.9 Å². The van der Waals surface area contributed by atoms with Crippen molar-refractivity contribution in [2.24, 2.45) is 0 Å². The van der Waals surface area contributed by atoms with Gasteiger partial charge in [0.25, 0.3) is 5.91 Å². The monoisotopic (exact) mass is 515 g/mol. The number of amides is 1. The lowest BCUT2D eigenvalue weighted by Crippen LogP contribution is -2.27. The summed E-state index contributed by atoms with van der Waals surface area (Å²) in [6.07, 6.45) is 6.36. The average Bonchev–Trinajstić information content (AvgIpc) is 3.61. The molecular formula is C28H25N3O3S2. The predicted octanol–water partition coefficient (Wildman–Crippen LogP) is 6.63. The zero-order valence-corrected chi connectivity index (χ0v) is 21.6. The Morgan fingerprint density at radius 2 is 1.97 bits per heavy atom. The number of hydrogen-bond donors (Lipinski definition) is 0. The quantitative estimate of drug-likeness (QED) is 0.194. The van der Waals surface area contributed by atoms with E-state index in [9.17, 15) is 4.79 Å². The van der Waals surface area contributed by atoms with Crippen LogP contribution in [-0.4, -0.2) is 31.5 Å². The van der Waals surface area contributed by atoms with Gasteiger partial charge in [-0.25, -0.2) is 4.68 Å². The van der Waals surface area contributed by atoms with Crippen LogP contribution in [0, 0.1) is 6.92 Å². The third kappa shape index (κ3) is 5.01. The number of para-hydroxylation sites is 1. The van der Waals surface area contributed by atoms with Gasteiger partial charge in [-0.15, -0.1) is 0 Å². The summed E-state index contributed by atoms with van der Waals surface area (Å²) in [5.74, 6) is 1.41. The zero-order valence-electron chi connectivity index (χ0n) is 20.0. The van der Waals surface area contributed by atoms with Gasteiger partial charge in [0.1, 0.15) is 21.5 Å². The first-order valence-corrected chi connectivity index (χ1v) is 12.9. The van der Waals surface area contributed by atoms with E-state index in [2.05, 4.69) is 13.0 Å². The van der Waals surface area contributed by atoms with Crippen LogP contribution in [0.15, 0.2) is 82.4 Å². The Morgan fingerprint density at radius 1 is 1.14 bits per heavy atom. The first-order chi connectivity index (χ1) is 17.5. The van der Waals surface area contributed by atoms with E-state index < -0.39 is 0 Å². The number of ether oxygens (including phenoxy) is 1. The van der Waals surface area contributed by atoms with Crippen LogP contribution in [0.4, 0.5) is 0 Å². The normalized spacial score (nSPS) is 14.7. The summed E-state index contributed by atoms with van der Waals surface area (Å²) in [7, 11) is 0. The van der Waals surface area contributed by atoms with E-state index in [4.69, 9.17) is 26.5 Å². The maximum Gasteiger partial charge on any atom is 0.266 e. The molecule has 0 atom stereocenters. The molecule has 0 spiro atoms. The van der Waals surface area contributed by atoms with Crippen molar-refractivity contribution in [3.63, 3.8) is 0 Å². The molecule has 2 aromatic carbocycles. The van der Waals surface area contributed by atoms with Gasteiger partial charge in [0, 0.05) is 17.3 Å². The Balaban J connectivity index is 1.53. The van der Waals surface area contributed by atoms with Gasteiger partial charge >= 0.3 is 0 Å². The van der Waals surface area contributed by atoms with Crippen LogP contribution in [0.1, 0.15) is 30.2 Å². The Bertz CT molecular complexity index is 1430. The Hall–Kier alpha value is -3.62. The second-order valence-electron chi connectivity index (χ2n) is 8.39. The second-order valence-corrected chi connectivity index (χ2v) is 10.1. The van der Waals surface area contributed by atoms with Gasteiger partial charge in [-0.05, 0) is 67.4 Å². The van der Waals surface area contributed by atoms with Gasteiger partial charge in [0.2, 0.25) is 0 Å². The third-order valence-corrected chi connectivity index (χ3v) is 7.11. The molecule has 36 heavy (non-hydrogen) atoms. The minimum atomic E-state index is -0.140. The number of hydrogen-bond acceptors (Lipinski definition) is 6. The number of aryl methyl sites for hydroxylation is 1. The van der Waals surface area contributed by atoms with Crippen LogP contribution in [0.25, 0.3) is 23.0 Å². The predicted molar refractivity (Wildman–Crippen MR) is 147 cm³/mol. The Labute approximate surface area is 219 Å². The van der Waals surface area contributed by atoms with Gasteiger partial charge in [0.05, 0.1) is 30.0 Å². The maximum atomic E-state index is 13.2. The summed E-state index contributed by atoms with van der Waals surface area (Å²) in [4.78, 5) is 15.4. The van der Waals surface area contributed by atoms with Crippen LogP contribution in [0.3, 0.4) is 0 Å². The van der Waals surface area contributed by atoms with Gasteiger partial charge in [0.15, 0.2) is 0 Å². The topological polar surface area (TPSA) is 60.5 Å². The molecule has 0 radical (unpaired) electrons. The molecule has 8 heteroatoms. The standard InChI is InChI=1S/C28H25N3O3S2/c1-3-13-34-24-12-11-20(15-19(24)2)26-21(17-31(29-26)22-8-5-4-6-9-22)16-25-27(32)30(28(35)36-25)18-23-10-7-14-33-23/h4-12,14-17H,3,13,18H2,1-2H3. The first kappa shape index (κ1) is 24.1. The zero-order chi connectivity index (χ0) is 25.1. The summed E-state index contributed by atoms with van der Waals surface area (Å²) in [5.41, 5.74) is 4.52. The van der Waals surface area contributed by atoms with Crippen LogP contribution >= 0.6 is 24.0 Å². The van der Waals surface area contributed by atoms with E-state index >= 15 is 0 Å². The Kier molecular flexibility index (Phi) is 7.06. The molecule has 1 aliphatic heterocycles. The van der Waals surface area contributed by atoms with Crippen molar-refractivity contribution in [2.45, 2.75) is 26.8 Å². The van der Waals surface area contributed by atoms with Crippen LogP contribution < -0.4 is 4.74 Å². The van der Waals surface area contributed by atoms with E-state index in [1.54, 1.807) is 17.2 Å². The van der Waals surface area contributed by atoms with Crippen LogP contribution in [-0.2, 0) is 11.3 Å². The lowest BCUT2D eigenvalue weighted by Gasteiger charge is -2.12. The highest BCUT2D eigenvalue weighted by Crippen LogP contribution is 2.36. The average molecular weight is 516 g/mol. The minimum absolute atomic E-state index is 0.140. The molecule has 0 aliphatic carbocycles. The van der Waals surface area contributed by atoms with Crippen molar-refractivity contribution in [1.29, 1.82) is 0 Å². The van der Waals surface area contributed by atoms with Gasteiger partial charge in [-0.1, -0.05) is 49.1 Å². The highest BCUT2D eigenvalue weighted by atomic mass is 32.2. The molecule has 1 fully saturated rings. The summed E-state index contributed by atoms with van der Waals surface area (Å²) < 4.78 is 13.6. The minimum Gasteiger partial charge on any atom is -0.493 e. The maximum absolute atomic E-state index is 13.2. The molecule has 0 N–H and O–H groups in total. The SMILES string of the molecule is CCCOc1ccc(-c2nn(-c3ccccc3)cc2C=C2SC(=S)N(Cc3ccco3)C2=O)cc1C. The number of rotatable bonds is 8. The van der Waals surface area contributed by atoms with E-state index in [0.29, 0.717) is 28.1 Å². The molecular weight excluding hydrogens is 490 g/mol. The fourth-order valence-electron chi connectivity index (χ4n) is 3.94. The van der Waals surface area contributed by atoms with Gasteiger partial charge in [-0.2, -0.15) is 5.10 Å². The molecule has 4 aromatic rings. The summed E-state index contributed by atoms with van der Waals surface area (Å²) in [6, 6.07) is 19.6. The summed E-state index contributed by atoms with van der Waals surface area (Å²) in [6.45, 7) is 5.10. The molecule has 1 aliphatic rings. The molecule has 1 amide bonds. The number of nitrogens with zero attached hydrogens (tertiary/aromatic N) is 3. The number of thioether (sulfide) groups is 1. The number of carbonyl (C=O) groups is 1. The first-order valence-electron chi connectivity index (χ1n) is 11.7. The number of thiocarbonyl (C=S) groups is 1. The molecule has 0 unspecified atom stereocenters. The number of carbonyl (C=O) groups excluding carboxylic acids is 1.